The van der Waals surface area contributed by atoms with Crippen molar-refractivity contribution in [2.45, 2.75) is 26.6 Å². The highest BCUT2D eigenvalue weighted by molar-refractivity contribution is 6.37. The first-order valence-corrected chi connectivity index (χ1v) is 11.3. The van der Waals surface area contributed by atoms with Crippen LogP contribution in [0.2, 0.25) is 10.0 Å². The maximum Gasteiger partial charge on any atom is 0.416 e. The van der Waals surface area contributed by atoms with Gasteiger partial charge in [0.15, 0.2) is 5.75 Å². The monoisotopic (exact) mass is 535 g/mol. The zero-order valence-corrected chi connectivity index (χ0v) is 20.4. The molecule has 0 radical (unpaired) electrons. The summed E-state index contributed by atoms with van der Waals surface area (Å²) in [6.07, 6.45) is -4.60. The van der Waals surface area contributed by atoms with Gasteiger partial charge >= 0.3 is 6.18 Å². The van der Waals surface area contributed by atoms with E-state index in [2.05, 4.69) is 10.3 Å². The van der Waals surface area contributed by atoms with Gasteiger partial charge < -0.3 is 10.4 Å². The van der Waals surface area contributed by atoms with Crippen LogP contribution in [0.25, 0.3) is 10.9 Å². The second-order valence-electron chi connectivity index (χ2n) is 8.10. The molecule has 1 amide bonds. The molecule has 1 aromatic heterocycles. The first-order valence-electron chi connectivity index (χ1n) is 10.5. The third-order valence-corrected chi connectivity index (χ3v) is 6.26. The van der Waals surface area contributed by atoms with E-state index in [1.165, 1.54) is 43.3 Å². The summed E-state index contributed by atoms with van der Waals surface area (Å²) in [7, 11) is 0. The van der Waals surface area contributed by atoms with Gasteiger partial charge in [-0.3, -0.25) is 14.2 Å². The minimum absolute atomic E-state index is 0.0241. The Morgan fingerprint density at radius 3 is 2.36 bits per heavy atom. The van der Waals surface area contributed by atoms with Crippen LogP contribution in [0.5, 0.6) is 5.75 Å². The molecule has 4 rings (SSSR count). The predicted octanol–water partition coefficient (Wildman–Crippen LogP) is 6.35. The van der Waals surface area contributed by atoms with Crippen LogP contribution >= 0.6 is 23.2 Å². The molecular weight excluding hydrogens is 518 g/mol. The Kier molecular flexibility index (Phi) is 6.72. The zero-order chi connectivity index (χ0) is 26.4. The first-order chi connectivity index (χ1) is 16.9. The molecular formula is C25H18Cl2F3N3O3. The first kappa shape index (κ1) is 25.5. The summed E-state index contributed by atoms with van der Waals surface area (Å²) in [5, 5.41) is 12.1. The van der Waals surface area contributed by atoms with Crippen molar-refractivity contribution in [3.05, 3.63) is 97.0 Å². The molecule has 1 heterocycles. The summed E-state index contributed by atoms with van der Waals surface area (Å²) in [6.45, 7) is 2.89. The smallest absolute Gasteiger partial charge is 0.416 e. The third kappa shape index (κ3) is 4.76. The van der Waals surface area contributed by atoms with E-state index in [1.807, 2.05) is 0 Å². The summed E-state index contributed by atoms with van der Waals surface area (Å²) in [6, 6.07) is 10.6. The van der Waals surface area contributed by atoms with Crippen LogP contribution < -0.4 is 10.9 Å². The minimum Gasteiger partial charge on any atom is -0.505 e. The zero-order valence-electron chi connectivity index (χ0n) is 18.9. The normalized spacial score (nSPS) is 11.6. The van der Waals surface area contributed by atoms with E-state index in [9.17, 15) is 27.9 Å². The van der Waals surface area contributed by atoms with Crippen molar-refractivity contribution in [1.82, 2.24) is 9.55 Å². The molecule has 0 aliphatic heterocycles. The largest absolute Gasteiger partial charge is 0.505 e. The Balaban J connectivity index is 1.83. The fourth-order valence-electron chi connectivity index (χ4n) is 3.85. The average molecular weight is 536 g/mol. The molecule has 186 valence electrons. The molecule has 6 nitrogen and oxygen atoms in total. The van der Waals surface area contributed by atoms with E-state index >= 15 is 0 Å². The lowest BCUT2D eigenvalue weighted by Crippen LogP contribution is -2.27. The number of carbonyl (C=O) groups is 1. The number of amides is 1. The van der Waals surface area contributed by atoms with Gasteiger partial charge in [-0.15, -0.1) is 0 Å². The summed E-state index contributed by atoms with van der Waals surface area (Å²) in [5.41, 5.74) is -0.486. The molecule has 0 spiro atoms. The predicted molar refractivity (Wildman–Crippen MR) is 132 cm³/mol. The summed E-state index contributed by atoms with van der Waals surface area (Å²) >= 11 is 11.8. The van der Waals surface area contributed by atoms with Gasteiger partial charge in [0.1, 0.15) is 5.82 Å². The highest BCUT2D eigenvalue weighted by atomic mass is 35.5. The van der Waals surface area contributed by atoms with Crippen LogP contribution in [0.15, 0.2) is 53.3 Å². The van der Waals surface area contributed by atoms with E-state index in [0.717, 1.165) is 10.6 Å². The average Bonchev–Trinajstić information content (AvgIpc) is 2.81. The lowest BCUT2D eigenvalue weighted by atomic mass is 10.1. The molecule has 11 heteroatoms. The molecule has 0 saturated heterocycles. The molecule has 0 fully saturated rings. The van der Waals surface area contributed by atoms with Gasteiger partial charge in [0.25, 0.3) is 11.5 Å². The number of nitrogens with one attached hydrogen (secondary N) is 1. The molecule has 0 saturated carbocycles. The Hall–Kier alpha value is -3.56. The van der Waals surface area contributed by atoms with Gasteiger partial charge in [-0.2, -0.15) is 13.2 Å². The van der Waals surface area contributed by atoms with E-state index < -0.39 is 23.2 Å². The van der Waals surface area contributed by atoms with Crippen molar-refractivity contribution in [2.24, 2.45) is 0 Å². The SMILES string of the molecule is Cc1ccc(NC(=O)c2cc(Cl)c(O)c(Cl)c2)c2c(=O)n(Cc3ccccc3C(F)(F)F)c(C)nc12. The number of carbonyl (C=O) groups excluding carboxylic acids is 1. The number of nitrogens with zero attached hydrogens (tertiary/aromatic N) is 2. The minimum atomic E-state index is -4.60. The number of fused-ring (bicyclic) bond motifs is 1. The molecule has 0 aliphatic rings. The number of anilines is 1. The van der Waals surface area contributed by atoms with Gasteiger partial charge in [-0.05, 0) is 49.2 Å². The number of phenols is 1. The maximum atomic E-state index is 13.6. The van der Waals surface area contributed by atoms with Crippen molar-refractivity contribution in [3.8, 4) is 5.75 Å². The molecule has 3 aromatic carbocycles. The van der Waals surface area contributed by atoms with Crippen molar-refractivity contribution in [2.75, 3.05) is 5.32 Å². The fourth-order valence-corrected chi connectivity index (χ4v) is 4.33. The maximum absolute atomic E-state index is 13.6. The van der Waals surface area contributed by atoms with Gasteiger partial charge in [0, 0.05) is 5.56 Å². The van der Waals surface area contributed by atoms with Crippen molar-refractivity contribution in [3.63, 3.8) is 0 Å². The summed E-state index contributed by atoms with van der Waals surface area (Å²) in [4.78, 5) is 30.9. The Bertz CT molecular complexity index is 1560. The van der Waals surface area contributed by atoms with Crippen molar-refractivity contribution < 1.29 is 23.1 Å². The van der Waals surface area contributed by atoms with Crippen LogP contribution in [0.3, 0.4) is 0 Å². The van der Waals surface area contributed by atoms with E-state index in [-0.39, 0.29) is 50.4 Å². The number of aromatic nitrogens is 2. The van der Waals surface area contributed by atoms with Gasteiger partial charge in [-0.1, -0.05) is 47.5 Å². The standard InChI is InChI=1S/C25H18Cl2F3N3O3/c1-12-7-8-19(32-23(35)15-9-17(26)22(34)18(27)10-15)20-21(12)31-13(2)33(24(20)36)11-14-5-3-4-6-16(14)25(28,29)30/h3-10,34H,11H2,1-2H3,(H,32,35). The molecule has 0 atom stereocenters. The van der Waals surface area contributed by atoms with E-state index in [0.29, 0.717) is 11.1 Å². The quantitative estimate of drug-likeness (QED) is 0.319. The number of halogens is 5. The summed E-state index contributed by atoms with van der Waals surface area (Å²) in [5.74, 6) is -0.830. The Morgan fingerprint density at radius 2 is 1.72 bits per heavy atom. The highest BCUT2D eigenvalue weighted by Gasteiger charge is 2.33. The van der Waals surface area contributed by atoms with Crippen LogP contribution in [-0.4, -0.2) is 20.6 Å². The Labute approximate surface area is 212 Å². The lowest BCUT2D eigenvalue weighted by Gasteiger charge is -2.17. The summed E-state index contributed by atoms with van der Waals surface area (Å²) < 4.78 is 41.7. The topological polar surface area (TPSA) is 84.2 Å². The molecule has 2 N–H and O–H groups in total. The number of hydrogen-bond donors (Lipinski definition) is 2. The van der Waals surface area contributed by atoms with Gasteiger partial charge in [0.2, 0.25) is 0 Å². The van der Waals surface area contributed by atoms with Gasteiger partial charge in [-0.25, -0.2) is 4.98 Å². The number of aryl methyl sites for hydroxylation is 2. The second kappa shape index (κ2) is 9.48. The van der Waals surface area contributed by atoms with Crippen LogP contribution in [0.4, 0.5) is 18.9 Å². The number of aromatic hydroxyl groups is 1. The number of alkyl halides is 3. The number of benzene rings is 3. The number of rotatable bonds is 4. The fraction of sp³-hybridized carbons (Fsp3) is 0.160. The molecule has 4 aromatic rings. The van der Waals surface area contributed by atoms with Crippen LogP contribution in [0, 0.1) is 13.8 Å². The highest BCUT2D eigenvalue weighted by Crippen LogP contribution is 2.34. The number of hydrogen-bond acceptors (Lipinski definition) is 4. The van der Waals surface area contributed by atoms with Crippen molar-refractivity contribution >= 4 is 45.7 Å². The Morgan fingerprint density at radius 1 is 1.08 bits per heavy atom. The second-order valence-corrected chi connectivity index (χ2v) is 8.92. The van der Waals surface area contributed by atoms with E-state index in [4.69, 9.17) is 23.2 Å². The van der Waals surface area contributed by atoms with Crippen LogP contribution in [-0.2, 0) is 12.7 Å². The number of phenolic OH excluding ortho intramolecular Hbond substituents is 1. The van der Waals surface area contributed by atoms with Crippen molar-refractivity contribution in [1.29, 1.82) is 0 Å². The molecule has 0 aliphatic carbocycles. The third-order valence-electron chi connectivity index (χ3n) is 5.68. The van der Waals surface area contributed by atoms with E-state index in [1.54, 1.807) is 13.0 Å². The molecule has 0 unspecified atom stereocenters. The van der Waals surface area contributed by atoms with Crippen LogP contribution in [0.1, 0.15) is 32.9 Å². The molecule has 0 bridgehead atoms. The van der Waals surface area contributed by atoms with Gasteiger partial charge in [0.05, 0.1) is 38.7 Å². The lowest BCUT2D eigenvalue weighted by molar-refractivity contribution is -0.138. The molecule has 36 heavy (non-hydrogen) atoms.